The maximum Gasteiger partial charge on any atom is 0.209 e. The van der Waals surface area contributed by atoms with Gasteiger partial charge in [0, 0.05) is 19.3 Å². The minimum absolute atomic E-state index is 0.363. The van der Waals surface area contributed by atoms with Gasteiger partial charge in [0.15, 0.2) is 0 Å². The van der Waals surface area contributed by atoms with E-state index < -0.39 is 0 Å². The molecule has 86 valence electrons. The molecule has 1 aromatic rings. The number of hydrogen-bond acceptors (Lipinski definition) is 6. The van der Waals surface area contributed by atoms with Crippen molar-refractivity contribution in [2.45, 2.75) is 24.6 Å². The smallest absolute Gasteiger partial charge is 0.209 e. The third-order valence-electron chi connectivity index (χ3n) is 1.79. The van der Waals surface area contributed by atoms with Gasteiger partial charge in [-0.2, -0.15) is 0 Å². The van der Waals surface area contributed by atoms with Gasteiger partial charge in [-0.15, -0.1) is 5.10 Å². The van der Waals surface area contributed by atoms with E-state index in [-0.39, 0.29) is 6.10 Å². The highest BCUT2D eigenvalue weighted by molar-refractivity contribution is 7.99. The van der Waals surface area contributed by atoms with Crippen LogP contribution in [0.25, 0.3) is 0 Å². The Labute approximate surface area is 93.4 Å². The fourth-order valence-corrected chi connectivity index (χ4v) is 1.80. The third kappa shape index (κ3) is 4.59. The van der Waals surface area contributed by atoms with Crippen molar-refractivity contribution < 1.29 is 5.11 Å². The Kier molecular flexibility index (Phi) is 5.59. The second-order valence-electron chi connectivity index (χ2n) is 3.25. The lowest BCUT2D eigenvalue weighted by Gasteiger charge is -2.09. The van der Waals surface area contributed by atoms with Gasteiger partial charge in [0.05, 0.1) is 6.10 Å². The molecule has 15 heavy (non-hydrogen) atoms. The average Bonchev–Trinajstić information content (AvgIpc) is 2.61. The SMILES string of the molecule is CCCNCC(O)CSc1nnnn1C. The molecule has 0 aromatic carbocycles. The van der Waals surface area contributed by atoms with Crippen LogP contribution in [0.2, 0.25) is 0 Å². The number of aliphatic hydroxyl groups is 1. The summed E-state index contributed by atoms with van der Waals surface area (Å²) in [4.78, 5) is 0. The van der Waals surface area contributed by atoms with Crippen LogP contribution in [0.3, 0.4) is 0 Å². The molecule has 1 heterocycles. The van der Waals surface area contributed by atoms with Gasteiger partial charge < -0.3 is 10.4 Å². The molecule has 0 bridgehead atoms. The molecular formula is C8H17N5OS. The van der Waals surface area contributed by atoms with Crippen LogP contribution in [0.5, 0.6) is 0 Å². The molecule has 0 amide bonds. The van der Waals surface area contributed by atoms with Crippen LogP contribution in [0.4, 0.5) is 0 Å². The maximum atomic E-state index is 9.60. The van der Waals surface area contributed by atoms with E-state index in [2.05, 4.69) is 27.8 Å². The molecule has 0 saturated heterocycles. The number of nitrogens with zero attached hydrogens (tertiary/aromatic N) is 4. The molecule has 1 aromatic heterocycles. The van der Waals surface area contributed by atoms with Gasteiger partial charge in [-0.3, -0.25) is 0 Å². The summed E-state index contributed by atoms with van der Waals surface area (Å²) >= 11 is 1.46. The van der Waals surface area contributed by atoms with Crippen LogP contribution in [-0.4, -0.2) is 50.3 Å². The Hall–Kier alpha value is -0.660. The molecule has 0 aliphatic carbocycles. The number of aromatic nitrogens is 4. The van der Waals surface area contributed by atoms with E-state index in [0.717, 1.165) is 18.1 Å². The predicted octanol–water partition coefficient (Wildman–Crippen LogP) is -0.337. The number of aliphatic hydroxyl groups excluding tert-OH is 1. The standard InChI is InChI=1S/C8H17N5OS/c1-3-4-9-5-7(14)6-15-8-10-11-12-13(8)2/h7,9,14H,3-6H2,1-2H3. The zero-order valence-electron chi connectivity index (χ0n) is 9.05. The quantitative estimate of drug-likeness (QED) is 0.494. The Morgan fingerprint density at radius 3 is 3.00 bits per heavy atom. The average molecular weight is 231 g/mol. The molecule has 1 unspecified atom stereocenters. The van der Waals surface area contributed by atoms with Crippen LogP contribution in [-0.2, 0) is 7.05 Å². The van der Waals surface area contributed by atoms with Crippen LogP contribution in [0.1, 0.15) is 13.3 Å². The van der Waals surface area contributed by atoms with Crippen LogP contribution in [0, 0.1) is 0 Å². The predicted molar refractivity (Wildman–Crippen MR) is 58.7 cm³/mol. The van der Waals surface area contributed by atoms with E-state index >= 15 is 0 Å². The normalized spacial score (nSPS) is 13.0. The first-order chi connectivity index (χ1) is 7.24. The van der Waals surface area contributed by atoms with Gasteiger partial charge in [-0.05, 0) is 23.4 Å². The molecule has 0 fully saturated rings. The molecule has 0 aliphatic heterocycles. The minimum atomic E-state index is -0.363. The molecule has 0 radical (unpaired) electrons. The Morgan fingerprint density at radius 2 is 2.40 bits per heavy atom. The lowest BCUT2D eigenvalue weighted by molar-refractivity contribution is 0.196. The highest BCUT2D eigenvalue weighted by Crippen LogP contribution is 2.12. The van der Waals surface area contributed by atoms with E-state index in [1.54, 1.807) is 11.7 Å². The summed E-state index contributed by atoms with van der Waals surface area (Å²) in [5.74, 6) is 0.602. The summed E-state index contributed by atoms with van der Waals surface area (Å²) in [5.41, 5.74) is 0. The molecule has 0 saturated carbocycles. The topological polar surface area (TPSA) is 75.9 Å². The summed E-state index contributed by atoms with van der Waals surface area (Å²) in [6, 6.07) is 0. The van der Waals surface area contributed by atoms with Crippen LogP contribution < -0.4 is 5.32 Å². The first-order valence-corrected chi connectivity index (χ1v) is 5.96. The monoisotopic (exact) mass is 231 g/mol. The molecule has 0 aliphatic rings. The molecular weight excluding hydrogens is 214 g/mol. The maximum absolute atomic E-state index is 9.60. The fraction of sp³-hybridized carbons (Fsp3) is 0.875. The second-order valence-corrected chi connectivity index (χ2v) is 4.24. The molecule has 2 N–H and O–H groups in total. The molecule has 0 spiro atoms. The van der Waals surface area contributed by atoms with Crippen LogP contribution in [0.15, 0.2) is 5.16 Å². The minimum Gasteiger partial charge on any atom is -0.391 e. The molecule has 1 atom stereocenters. The number of rotatable bonds is 7. The van der Waals surface area contributed by atoms with Crippen molar-refractivity contribution in [3.05, 3.63) is 0 Å². The zero-order chi connectivity index (χ0) is 11.1. The molecule has 6 nitrogen and oxygen atoms in total. The molecule has 7 heteroatoms. The molecule has 1 rings (SSSR count). The number of hydrogen-bond donors (Lipinski definition) is 2. The van der Waals surface area contributed by atoms with Crippen molar-refractivity contribution in [2.24, 2.45) is 7.05 Å². The number of thioether (sulfide) groups is 1. The van der Waals surface area contributed by atoms with E-state index in [1.807, 2.05) is 0 Å². The van der Waals surface area contributed by atoms with Gasteiger partial charge in [0.25, 0.3) is 0 Å². The van der Waals surface area contributed by atoms with Crippen molar-refractivity contribution in [1.29, 1.82) is 0 Å². The van der Waals surface area contributed by atoms with Crippen molar-refractivity contribution in [2.75, 3.05) is 18.8 Å². The summed E-state index contributed by atoms with van der Waals surface area (Å²) in [5, 5.41) is 24.5. The van der Waals surface area contributed by atoms with Crippen molar-refractivity contribution >= 4 is 11.8 Å². The first-order valence-electron chi connectivity index (χ1n) is 4.98. The zero-order valence-corrected chi connectivity index (χ0v) is 9.87. The van der Waals surface area contributed by atoms with E-state index in [0.29, 0.717) is 12.3 Å². The largest absolute Gasteiger partial charge is 0.391 e. The van der Waals surface area contributed by atoms with Gasteiger partial charge in [0.2, 0.25) is 5.16 Å². The number of aryl methyl sites for hydroxylation is 1. The lowest BCUT2D eigenvalue weighted by Crippen LogP contribution is -2.29. The number of nitrogens with one attached hydrogen (secondary N) is 1. The number of tetrazole rings is 1. The lowest BCUT2D eigenvalue weighted by atomic mass is 10.4. The van der Waals surface area contributed by atoms with Crippen molar-refractivity contribution in [3.8, 4) is 0 Å². The third-order valence-corrected chi connectivity index (χ3v) is 2.95. The van der Waals surface area contributed by atoms with Gasteiger partial charge in [0.1, 0.15) is 0 Å². The van der Waals surface area contributed by atoms with E-state index in [9.17, 15) is 5.11 Å². The Bertz CT molecular complexity index is 280. The summed E-state index contributed by atoms with van der Waals surface area (Å²) in [6.45, 7) is 3.65. The van der Waals surface area contributed by atoms with Crippen LogP contribution >= 0.6 is 11.8 Å². The van der Waals surface area contributed by atoms with Crippen molar-refractivity contribution in [1.82, 2.24) is 25.5 Å². The van der Waals surface area contributed by atoms with Gasteiger partial charge in [-0.1, -0.05) is 18.7 Å². The highest BCUT2D eigenvalue weighted by Gasteiger charge is 2.08. The second kappa shape index (κ2) is 6.76. The van der Waals surface area contributed by atoms with E-state index in [1.165, 1.54) is 11.8 Å². The first kappa shape index (κ1) is 12.4. The summed E-state index contributed by atoms with van der Waals surface area (Å²) in [6.07, 6.45) is 0.714. The highest BCUT2D eigenvalue weighted by atomic mass is 32.2. The summed E-state index contributed by atoms with van der Waals surface area (Å²) < 4.78 is 1.59. The van der Waals surface area contributed by atoms with Gasteiger partial charge in [-0.25, -0.2) is 4.68 Å². The van der Waals surface area contributed by atoms with Crippen molar-refractivity contribution in [3.63, 3.8) is 0 Å². The summed E-state index contributed by atoms with van der Waals surface area (Å²) in [7, 11) is 1.78. The Morgan fingerprint density at radius 1 is 1.60 bits per heavy atom. The van der Waals surface area contributed by atoms with Gasteiger partial charge >= 0.3 is 0 Å². The fourth-order valence-electron chi connectivity index (χ4n) is 1.02. The van der Waals surface area contributed by atoms with E-state index in [4.69, 9.17) is 0 Å². The Balaban J connectivity index is 2.16.